The van der Waals surface area contributed by atoms with Gasteiger partial charge in [0.1, 0.15) is 5.82 Å². The van der Waals surface area contributed by atoms with Crippen LogP contribution in [0.5, 0.6) is 0 Å². The maximum Gasteiger partial charge on any atom is 0.339 e. The van der Waals surface area contributed by atoms with Gasteiger partial charge >= 0.3 is 5.97 Å². The van der Waals surface area contributed by atoms with E-state index < -0.39 is 0 Å². The Labute approximate surface area is 118 Å². The Morgan fingerprint density at radius 3 is 3.05 bits per heavy atom. The molecule has 0 spiro atoms. The minimum Gasteiger partial charge on any atom is -0.462 e. The zero-order valence-electron chi connectivity index (χ0n) is 11.2. The Morgan fingerprint density at radius 1 is 1.53 bits per heavy atom. The van der Waals surface area contributed by atoms with E-state index in [4.69, 9.17) is 4.74 Å². The summed E-state index contributed by atoms with van der Waals surface area (Å²) in [5, 5.41) is 4.01. The molecular formula is C14H20N2O2S. The van der Waals surface area contributed by atoms with Gasteiger partial charge < -0.3 is 10.1 Å². The van der Waals surface area contributed by atoms with E-state index in [2.05, 4.69) is 10.3 Å². The summed E-state index contributed by atoms with van der Waals surface area (Å²) in [6, 6.07) is 3.58. The number of nitrogens with one attached hydrogen (secondary N) is 1. The number of pyridine rings is 1. The van der Waals surface area contributed by atoms with Crippen LogP contribution in [0.4, 0.5) is 5.82 Å². The van der Waals surface area contributed by atoms with Crippen LogP contribution in [0.15, 0.2) is 18.3 Å². The Hall–Kier alpha value is -1.23. The van der Waals surface area contributed by atoms with Crippen LogP contribution in [0.25, 0.3) is 0 Å². The zero-order valence-corrected chi connectivity index (χ0v) is 12.0. The molecule has 1 fully saturated rings. The SMILES string of the molecule is CCOC(=O)c1ccc(NCC2CCCCS2)nc1. The van der Waals surface area contributed by atoms with Crippen molar-refractivity contribution in [2.45, 2.75) is 31.4 Å². The summed E-state index contributed by atoms with van der Waals surface area (Å²) in [4.78, 5) is 15.7. The van der Waals surface area contributed by atoms with Gasteiger partial charge in [0.15, 0.2) is 0 Å². The summed E-state index contributed by atoms with van der Waals surface area (Å²) in [5.41, 5.74) is 0.499. The Morgan fingerprint density at radius 2 is 2.42 bits per heavy atom. The molecule has 0 amide bonds. The van der Waals surface area contributed by atoms with Crippen LogP contribution < -0.4 is 5.32 Å². The summed E-state index contributed by atoms with van der Waals surface area (Å²) in [6.45, 7) is 3.12. The number of rotatable bonds is 5. The monoisotopic (exact) mass is 280 g/mol. The highest BCUT2D eigenvalue weighted by molar-refractivity contribution is 7.99. The van der Waals surface area contributed by atoms with Crippen molar-refractivity contribution in [3.63, 3.8) is 0 Å². The first-order chi connectivity index (χ1) is 9.29. The Kier molecular flexibility index (Phi) is 5.51. The van der Waals surface area contributed by atoms with Crippen molar-refractivity contribution >= 4 is 23.5 Å². The first-order valence-corrected chi connectivity index (χ1v) is 7.83. The number of carbonyl (C=O) groups is 1. The van der Waals surface area contributed by atoms with E-state index in [1.807, 2.05) is 17.8 Å². The number of thioether (sulfide) groups is 1. The lowest BCUT2D eigenvalue weighted by molar-refractivity contribution is 0.0526. The number of nitrogens with zero attached hydrogens (tertiary/aromatic N) is 1. The molecule has 0 bridgehead atoms. The highest BCUT2D eigenvalue weighted by Gasteiger charge is 2.13. The Bertz CT molecular complexity index is 402. The first kappa shape index (κ1) is 14.2. The maximum absolute atomic E-state index is 11.5. The Balaban J connectivity index is 1.82. The van der Waals surface area contributed by atoms with Crippen LogP contribution in [0, 0.1) is 0 Å². The van der Waals surface area contributed by atoms with Crippen LogP contribution in [0.3, 0.4) is 0 Å². The van der Waals surface area contributed by atoms with Gasteiger partial charge in [-0.05, 0) is 37.7 Å². The van der Waals surface area contributed by atoms with E-state index in [0.717, 1.165) is 12.4 Å². The van der Waals surface area contributed by atoms with Crippen LogP contribution in [0.1, 0.15) is 36.5 Å². The lowest BCUT2D eigenvalue weighted by Gasteiger charge is -2.21. The molecule has 4 nitrogen and oxygen atoms in total. The normalized spacial score (nSPS) is 18.9. The maximum atomic E-state index is 11.5. The van der Waals surface area contributed by atoms with Crippen LogP contribution in [-0.4, -0.2) is 35.1 Å². The largest absolute Gasteiger partial charge is 0.462 e. The molecule has 1 aromatic heterocycles. The highest BCUT2D eigenvalue weighted by atomic mass is 32.2. The van der Waals surface area contributed by atoms with Crippen molar-refractivity contribution in [1.82, 2.24) is 4.98 Å². The first-order valence-electron chi connectivity index (χ1n) is 6.78. The number of anilines is 1. The van der Waals surface area contributed by atoms with E-state index in [0.29, 0.717) is 17.4 Å². The molecule has 1 aromatic rings. The number of carbonyl (C=O) groups excluding carboxylic acids is 1. The van der Waals surface area contributed by atoms with Crippen molar-refractivity contribution in [3.8, 4) is 0 Å². The molecule has 1 aliphatic heterocycles. The molecule has 104 valence electrons. The van der Waals surface area contributed by atoms with Gasteiger partial charge in [0, 0.05) is 18.0 Å². The van der Waals surface area contributed by atoms with Crippen LogP contribution in [-0.2, 0) is 4.74 Å². The molecule has 1 atom stereocenters. The van der Waals surface area contributed by atoms with Gasteiger partial charge in [-0.25, -0.2) is 9.78 Å². The van der Waals surface area contributed by atoms with E-state index in [1.165, 1.54) is 25.0 Å². The smallest absolute Gasteiger partial charge is 0.339 e. The molecule has 2 rings (SSSR count). The molecule has 19 heavy (non-hydrogen) atoms. The van der Waals surface area contributed by atoms with Crippen molar-refractivity contribution in [2.75, 3.05) is 24.2 Å². The lowest BCUT2D eigenvalue weighted by atomic mass is 10.2. The molecule has 1 unspecified atom stereocenters. The van der Waals surface area contributed by atoms with Crippen molar-refractivity contribution in [1.29, 1.82) is 0 Å². The predicted molar refractivity (Wildman–Crippen MR) is 78.8 cm³/mol. The van der Waals surface area contributed by atoms with E-state index in [1.54, 1.807) is 19.2 Å². The summed E-state index contributed by atoms with van der Waals surface area (Å²) in [5.74, 6) is 1.77. The second-order valence-corrected chi connectivity index (χ2v) is 5.93. The fraction of sp³-hybridized carbons (Fsp3) is 0.571. The minimum atomic E-state index is -0.315. The molecule has 1 saturated heterocycles. The number of aromatic nitrogens is 1. The molecule has 1 N–H and O–H groups in total. The quantitative estimate of drug-likeness (QED) is 0.840. The fourth-order valence-electron chi connectivity index (χ4n) is 2.02. The molecule has 2 heterocycles. The third kappa shape index (κ3) is 4.42. The summed E-state index contributed by atoms with van der Waals surface area (Å²) in [7, 11) is 0. The molecule has 1 aliphatic rings. The number of ether oxygens (including phenoxy) is 1. The van der Waals surface area contributed by atoms with Crippen molar-refractivity contribution in [2.24, 2.45) is 0 Å². The topological polar surface area (TPSA) is 51.2 Å². The predicted octanol–water partition coefficient (Wildman–Crippen LogP) is 2.96. The van der Waals surface area contributed by atoms with Crippen molar-refractivity contribution in [3.05, 3.63) is 23.9 Å². The number of esters is 1. The van der Waals surface area contributed by atoms with Gasteiger partial charge in [-0.1, -0.05) is 6.42 Å². The number of hydrogen-bond donors (Lipinski definition) is 1. The van der Waals surface area contributed by atoms with Crippen LogP contribution >= 0.6 is 11.8 Å². The molecule has 0 saturated carbocycles. The average Bonchev–Trinajstić information content (AvgIpc) is 2.47. The second kappa shape index (κ2) is 7.38. The third-order valence-corrected chi connectivity index (χ3v) is 4.46. The molecule has 5 heteroatoms. The standard InChI is InChI=1S/C14H20N2O2S/c1-2-18-14(17)11-6-7-13(15-9-11)16-10-12-5-3-4-8-19-12/h6-7,9,12H,2-5,8,10H2,1H3,(H,15,16). The summed E-state index contributed by atoms with van der Waals surface area (Å²) in [6.07, 6.45) is 5.51. The molecule has 0 radical (unpaired) electrons. The fourth-order valence-corrected chi connectivity index (χ4v) is 3.26. The van der Waals surface area contributed by atoms with Gasteiger partial charge in [-0.2, -0.15) is 11.8 Å². The van der Waals surface area contributed by atoms with Gasteiger partial charge in [0.25, 0.3) is 0 Å². The van der Waals surface area contributed by atoms with Gasteiger partial charge in [0.2, 0.25) is 0 Å². The van der Waals surface area contributed by atoms with Gasteiger partial charge in [0.05, 0.1) is 12.2 Å². The summed E-state index contributed by atoms with van der Waals surface area (Å²) < 4.78 is 4.92. The van der Waals surface area contributed by atoms with E-state index >= 15 is 0 Å². The third-order valence-electron chi connectivity index (χ3n) is 3.06. The minimum absolute atomic E-state index is 0.315. The lowest BCUT2D eigenvalue weighted by Crippen LogP contribution is -2.20. The zero-order chi connectivity index (χ0) is 13.5. The van der Waals surface area contributed by atoms with Crippen molar-refractivity contribution < 1.29 is 9.53 Å². The second-order valence-electron chi connectivity index (χ2n) is 4.52. The molecular weight excluding hydrogens is 260 g/mol. The number of hydrogen-bond acceptors (Lipinski definition) is 5. The average molecular weight is 280 g/mol. The molecule has 0 aromatic carbocycles. The van der Waals surface area contributed by atoms with Gasteiger partial charge in [-0.3, -0.25) is 0 Å². The molecule has 0 aliphatic carbocycles. The van der Waals surface area contributed by atoms with E-state index in [-0.39, 0.29) is 5.97 Å². The highest BCUT2D eigenvalue weighted by Crippen LogP contribution is 2.25. The van der Waals surface area contributed by atoms with Gasteiger partial charge in [-0.15, -0.1) is 0 Å². The van der Waals surface area contributed by atoms with Crippen LogP contribution in [0.2, 0.25) is 0 Å². The van der Waals surface area contributed by atoms with E-state index in [9.17, 15) is 4.79 Å². The summed E-state index contributed by atoms with van der Waals surface area (Å²) >= 11 is 2.03.